The highest BCUT2D eigenvalue weighted by Gasteiger charge is 2.26. The van der Waals surface area contributed by atoms with Gasteiger partial charge in [0.25, 0.3) is 0 Å². The number of carboxylic acids is 1. The third-order valence-electron chi connectivity index (χ3n) is 3.94. The number of carbonyl (C=O) groups excluding carboxylic acids is 2. The number of nitrogens with one attached hydrogen (secondary N) is 2. The zero-order valence-corrected chi connectivity index (χ0v) is 14.8. The number of amides is 2. The molecule has 0 aliphatic rings. The van der Waals surface area contributed by atoms with E-state index in [2.05, 4.69) is 10.6 Å². The van der Waals surface area contributed by atoms with Gasteiger partial charge in [-0.15, -0.1) is 0 Å². The molecule has 0 unspecified atom stereocenters. The maximum atomic E-state index is 13.0. The fraction of sp³-hybridized carbons (Fsp3) is 0.250. The number of rotatable bonds is 8. The van der Waals surface area contributed by atoms with Crippen LogP contribution in [0.2, 0.25) is 0 Å². The molecule has 0 bridgehead atoms. The SMILES string of the molecule is CC(=O)N[C@H](Cc1ccc(F)cc1)C(=O)N[C@@H](Cc1ccccc1)C(=O)O. The highest BCUT2D eigenvalue weighted by Crippen LogP contribution is 2.08. The van der Waals surface area contributed by atoms with Gasteiger partial charge in [0, 0.05) is 19.8 Å². The standard InChI is InChI=1S/C20H21FN2O4/c1-13(24)22-17(11-15-7-9-16(21)10-8-15)19(25)23-18(20(26)27)12-14-5-3-2-4-6-14/h2-10,17-18H,11-12H2,1H3,(H,22,24)(H,23,25)(H,26,27)/t17-,18+/m1/s1. The molecular weight excluding hydrogens is 351 g/mol. The number of aliphatic carboxylic acids is 1. The van der Waals surface area contributed by atoms with Gasteiger partial charge < -0.3 is 15.7 Å². The van der Waals surface area contributed by atoms with Crippen LogP contribution >= 0.6 is 0 Å². The van der Waals surface area contributed by atoms with E-state index in [0.29, 0.717) is 5.56 Å². The number of hydrogen-bond donors (Lipinski definition) is 3. The molecule has 3 N–H and O–H groups in total. The van der Waals surface area contributed by atoms with Crippen molar-refractivity contribution in [2.75, 3.05) is 0 Å². The van der Waals surface area contributed by atoms with E-state index in [0.717, 1.165) is 5.56 Å². The maximum absolute atomic E-state index is 13.0. The van der Waals surface area contributed by atoms with Gasteiger partial charge in [-0.1, -0.05) is 42.5 Å². The van der Waals surface area contributed by atoms with Crippen molar-refractivity contribution in [3.8, 4) is 0 Å². The molecule has 0 saturated heterocycles. The van der Waals surface area contributed by atoms with E-state index in [1.165, 1.54) is 31.2 Å². The number of benzene rings is 2. The first-order valence-corrected chi connectivity index (χ1v) is 8.44. The van der Waals surface area contributed by atoms with Gasteiger partial charge >= 0.3 is 5.97 Å². The first-order valence-electron chi connectivity index (χ1n) is 8.44. The van der Waals surface area contributed by atoms with E-state index in [-0.39, 0.29) is 12.8 Å². The summed E-state index contributed by atoms with van der Waals surface area (Å²) in [6, 6.07) is 12.4. The Morgan fingerprint density at radius 1 is 0.889 bits per heavy atom. The zero-order chi connectivity index (χ0) is 19.8. The summed E-state index contributed by atoms with van der Waals surface area (Å²) in [6.07, 6.45) is 0.231. The van der Waals surface area contributed by atoms with Gasteiger partial charge in [0.15, 0.2) is 0 Å². The molecule has 6 nitrogen and oxygen atoms in total. The van der Waals surface area contributed by atoms with Crippen LogP contribution in [0.15, 0.2) is 54.6 Å². The van der Waals surface area contributed by atoms with Crippen molar-refractivity contribution in [1.29, 1.82) is 0 Å². The molecule has 0 aliphatic carbocycles. The van der Waals surface area contributed by atoms with Crippen LogP contribution in [0.4, 0.5) is 4.39 Å². The minimum atomic E-state index is -1.17. The molecule has 0 aromatic heterocycles. The second-order valence-electron chi connectivity index (χ2n) is 6.17. The highest BCUT2D eigenvalue weighted by atomic mass is 19.1. The Morgan fingerprint density at radius 3 is 2.00 bits per heavy atom. The van der Waals surface area contributed by atoms with E-state index < -0.39 is 35.7 Å². The molecule has 2 aromatic carbocycles. The lowest BCUT2D eigenvalue weighted by molar-refractivity contribution is -0.142. The molecule has 0 heterocycles. The molecule has 2 aromatic rings. The van der Waals surface area contributed by atoms with Crippen LogP contribution in [-0.4, -0.2) is 35.0 Å². The Hall–Kier alpha value is -3.22. The van der Waals surface area contributed by atoms with Crippen LogP contribution in [0, 0.1) is 5.82 Å². The number of carboxylic acid groups (broad SMARTS) is 1. The van der Waals surface area contributed by atoms with Crippen molar-refractivity contribution in [2.45, 2.75) is 31.8 Å². The van der Waals surface area contributed by atoms with Crippen molar-refractivity contribution >= 4 is 17.8 Å². The van der Waals surface area contributed by atoms with Crippen molar-refractivity contribution in [1.82, 2.24) is 10.6 Å². The summed E-state index contributed by atoms with van der Waals surface area (Å²) in [7, 11) is 0. The normalized spacial score (nSPS) is 12.7. The third kappa shape index (κ3) is 6.54. The summed E-state index contributed by atoms with van der Waals surface area (Å²) in [5.74, 6) is -2.62. The fourth-order valence-electron chi connectivity index (χ4n) is 2.63. The molecule has 2 atom stereocenters. The number of carbonyl (C=O) groups is 3. The summed E-state index contributed by atoms with van der Waals surface area (Å²) in [5.41, 5.74) is 1.40. The highest BCUT2D eigenvalue weighted by molar-refractivity contribution is 5.90. The van der Waals surface area contributed by atoms with Gasteiger partial charge in [-0.25, -0.2) is 9.18 Å². The van der Waals surface area contributed by atoms with E-state index in [4.69, 9.17) is 0 Å². The van der Waals surface area contributed by atoms with Crippen LogP contribution in [0.5, 0.6) is 0 Å². The van der Waals surface area contributed by atoms with Crippen molar-refractivity contribution < 1.29 is 23.9 Å². The lowest BCUT2D eigenvalue weighted by Gasteiger charge is -2.21. The van der Waals surface area contributed by atoms with Crippen LogP contribution in [0.25, 0.3) is 0 Å². The largest absolute Gasteiger partial charge is 0.480 e. The number of halogens is 1. The smallest absolute Gasteiger partial charge is 0.326 e. The molecule has 142 valence electrons. The van der Waals surface area contributed by atoms with Crippen LogP contribution in [0.3, 0.4) is 0 Å². The Labute approximate surface area is 156 Å². The Balaban J connectivity index is 2.10. The first-order chi connectivity index (χ1) is 12.8. The second-order valence-corrected chi connectivity index (χ2v) is 6.17. The van der Waals surface area contributed by atoms with E-state index in [1.807, 2.05) is 6.07 Å². The molecule has 2 amide bonds. The second kappa shape index (κ2) is 9.47. The predicted molar refractivity (Wildman–Crippen MR) is 97.4 cm³/mol. The Kier molecular flexibility index (Phi) is 7.05. The first kappa shape index (κ1) is 20.1. The summed E-state index contributed by atoms with van der Waals surface area (Å²) >= 11 is 0. The van der Waals surface area contributed by atoms with Crippen LogP contribution < -0.4 is 10.6 Å². The predicted octanol–water partition coefficient (Wildman–Crippen LogP) is 1.68. The minimum Gasteiger partial charge on any atom is -0.480 e. The van der Waals surface area contributed by atoms with Crippen LogP contribution in [0.1, 0.15) is 18.1 Å². The van der Waals surface area contributed by atoms with E-state index in [9.17, 15) is 23.9 Å². The van der Waals surface area contributed by atoms with Crippen molar-refractivity contribution in [3.05, 3.63) is 71.5 Å². The molecule has 0 aliphatic heterocycles. The average molecular weight is 372 g/mol. The molecular formula is C20H21FN2O4. The summed E-state index contributed by atoms with van der Waals surface area (Å²) in [5, 5.41) is 14.4. The molecule has 7 heteroatoms. The topological polar surface area (TPSA) is 95.5 Å². The Morgan fingerprint density at radius 2 is 1.44 bits per heavy atom. The fourth-order valence-corrected chi connectivity index (χ4v) is 2.63. The van der Waals surface area contributed by atoms with E-state index in [1.54, 1.807) is 24.3 Å². The quantitative estimate of drug-likeness (QED) is 0.657. The van der Waals surface area contributed by atoms with Gasteiger partial charge in [0.05, 0.1) is 0 Å². The summed E-state index contributed by atoms with van der Waals surface area (Å²) < 4.78 is 13.0. The minimum absolute atomic E-state index is 0.114. The Bertz CT molecular complexity index is 793. The van der Waals surface area contributed by atoms with Crippen molar-refractivity contribution in [2.24, 2.45) is 0 Å². The molecule has 0 spiro atoms. The van der Waals surface area contributed by atoms with Gasteiger partial charge in [0.2, 0.25) is 11.8 Å². The van der Waals surface area contributed by atoms with E-state index >= 15 is 0 Å². The number of hydrogen-bond acceptors (Lipinski definition) is 3. The molecule has 0 radical (unpaired) electrons. The summed E-state index contributed by atoms with van der Waals surface area (Å²) in [4.78, 5) is 35.6. The van der Waals surface area contributed by atoms with Gasteiger partial charge in [-0.05, 0) is 23.3 Å². The van der Waals surface area contributed by atoms with Gasteiger partial charge in [-0.2, -0.15) is 0 Å². The maximum Gasteiger partial charge on any atom is 0.326 e. The van der Waals surface area contributed by atoms with Gasteiger partial charge in [0.1, 0.15) is 17.9 Å². The monoisotopic (exact) mass is 372 g/mol. The summed E-state index contributed by atoms with van der Waals surface area (Å²) in [6.45, 7) is 1.27. The lowest BCUT2D eigenvalue weighted by Crippen LogP contribution is -2.52. The molecule has 2 rings (SSSR count). The van der Waals surface area contributed by atoms with Crippen molar-refractivity contribution in [3.63, 3.8) is 0 Å². The molecule has 0 saturated carbocycles. The zero-order valence-electron chi connectivity index (χ0n) is 14.8. The van der Waals surface area contributed by atoms with Crippen LogP contribution in [-0.2, 0) is 27.2 Å². The lowest BCUT2D eigenvalue weighted by atomic mass is 10.0. The van der Waals surface area contributed by atoms with Gasteiger partial charge in [-0.3, -0.25) is 9.59 Å². The molecule has 27 heavy (non-hydrogen) atoms. The average Bonchev–Trinajstić information content (AvgIpc) is 2.62. The molecule has 0 fully saturated rings. The third-order valence-corrected chi connectivity index (χ3v) is 3.94.